The first-order valence-electron chi connectivity index (χ1n) is 5.89. The molecule has 1 aliphatic rings. The van der Waals surface area contributed by atoms with E-state index < -0.39 is 0 Å². The van der Waals surface area contributed by atoms with Crippen LogP contribution < -0.4 is 0 Å². The van der Waals surface area contributed by atoms with E-state index in [0.29, 0.717) is 5.92 Å². The Morgan fingerprint density at radius 1 is 0.706 bits per heavy atom. The quantitative estimate of drug-likeness (QED) is 0.669. The summed E-state index contributed by atoms with van der Waals surface area (Å²) < 4.78 is 0. The van der Waals surface area contributed by atoms with E-state index in [1.54, 1.807) is 0 Å². The van der Waals surface area contributed by atoms with Crippen LogP contribution in [0.25, 0.3) is 11.1 Å². The van der Waals surface area contributed by atoms with Gasteiger partial charge in [-0.05, 0) is 22.3 Å². The maximum Gasteiger partial charge on any atom is 0.0285 e. The van der Waals surface area contributed by atoms with E-state index in [2.05, 4.69) is 67.2 Å². The summed E-state index contributed by atoms with van der Waals surface area (Å²) in [5, 5.41) is 0. The molecule has 1 aliphatic carbocycles. The smallest absolute Gasteiger partial charge is 0.0285 e. The lowest BCUT2D eigenvalue weighted by atomic mass is 10.1. The summed E-state index contributed by atoms with van der Waals surface area (Å²) in [4.78, 5) is 0. The van der Waals surface area contributed by atoms with Crippen molar-refractivity contribution in [2.45, 2.75) is 0 Å². The summed E-state index contributed by atoms with van der Waals surface area (Å²) in [5.74, 6) is 0.430. The van der Waals surface area contributed by atoms with Crippen molar-refractivity contribution in [3.05, 3.63) is 84.4 Å². The molecule has 0 nitrogen and oxygen atoms in total. The van der Waals surface area contributed by atoms with Crippen LogP contribution >= 0.6 is 0 Å². The molecule has 3 rings (SSSR count). The highest BCUT2D eigenvalue weighted by molar-refractivity contribution is 6.11. The van der Waals surface area contributed by atoms with E-state index in [1.165, 1.54) is 22.3 Å². The summed E-state index contributed by atoms with van der Waals surface area (Å²) in [6.07, 6.45) is 2.03. The minimum absolute atomic E-state index is 0.430. The van der Waals surface area contributed by atoms with E-state index in [-0.39, 0.29) is 0 Å². The van der Waals surface area contributed by atoms with E-state index >= 15 is 0 Å². The summed E-state index contributed by atoms with van der Waals surface area (Å²) in [5.41, 5.74) is 5.48. The molecule has 0 saturated heterocycles. The van der Waals surface area contributed by atoms with Gasteiger partial charge in [0.25, 0.3) is 0 Å². The summed E-state index contributed by atoms with van der Waals surface area (Å²) >= 11 is 0. The number of hydrogen-bond acceptors (Lipinski definition) is 0. The van der Waals surface area contributed by atoms with Crippen LogP contribution in [0.5, 0.6) is 0 Å². The molecule has 0 amide bonds. The van der Waals surface area contributed by atoms with E-state index in [4.69, 9.17) is 0 Å². The number of benzene rings is 2. The molecule has 2 aromatic carbocycles. The van der Waals surface area contributed by atoms with Crippen LogP contribution in [-0.2, 0) is 0 Å². The molecule has 0 bridgehead atoms. The first-order chi connectivity index (χ1) is 8.42. The molecule has 0 atom stereocenters. The second-order valence-electron chi connectivity index (χ2n) is 4.27. The Kier molecular flexibility index (Phi) is 2.41. The third-order valence-electron chi connectivity index (χ3n) is 3.23. The van der Waals surface area contributed by atoms with Crippen molar-refractivity contribution in [3.8, 4) is 0 Å². The Balaban J connectivity index is 2.04. The van der Waals surface area contributed by atoms with Crippen LogP contribution in [0.3, 0.4) is 0 Å². The maximum atomic E-state index is 3.93. The van der Waals surface area contributed by atoms with E-state index in [0.717, 1.165) is 0 Å². The van der Waals surface area contributed by atoms with Crippen LogP contribution in [0.2, 0.25) is 0 Å². The van der Waals surface area contributed by atoms with E-state index in [9.17, 15) is 0 Å². The Morgan fingerprint density at radius 2 is 1.12 bits per heavy atom. The van der Waals surface area contributed by atoms with Gasteiger partial charge in [0.05, 0.1) is 0 Å². The van der Waals surface area contributed by atoms with Crippen LogP contribution in [-0.4, -0.2) is 0 Å². The van der Waals surface area contributed by atoms with Crippen molar-refractivity contribution >= 4 is 11.1 Å². The highest BCUT2D eigenvalue weighted by Gasteiger charge is 2.35. The lowest BCUT2D eigenvalue weighted by molar-refractivity contribution is 1.28. The number of allylic oxidation sites excluding steroid dienone is 3. The predicted molar refractivity (Wildman–Crippen MR) is 73.4 cm³/mol. The highest BCUT2D eigenvalue weighted by Crippen LogP contribution is 2.53. The SMILES string of the molecule is C=CC1C(c2ccccc2)=C1c1ccccc1. The minimum atomic E-state index is 0.430. The fourth-order valence-electron chi connectivity index (χ4n) is 2.38. The first-order valence-corrected chi connectivity index (χ1v) is 5.89. The zero-order valence-electron chi connectivity index (χ0n) is 9.64. The van der Waals surface area contributed by atoms with Crippen molar-refractivity contribution in [1.29, 1.82) is 0 Å². The number of rotatable bonds is 3. The Morgan fingerprint density at radius 3 is 1.47 bits per heavy atom. The molecule has 17 heavy (non-hydrogen) atoms. The molecule has 0 fully saturated rings. The molecule has 0 spiro atoms. The average Bonchev–Trinajstić information content (AvgIpc) is 3.15. The van der Waals surface area contributed by atoms with Gasteiger partial charge in [-0.25, -0.2) is 0 Å². The molecular formula is C17H14. The van der Waals surface area contributed by atoms with Gasteiger partial charge in [0, 0.05) is 5.92 Å². The van der Waals surface area contributed by atoms with Crippen molar-refractivity contribution in [2.75, 3.05) is 0 Å². The van der Waals surface area contributed by atoms with Crippen molar-refractivity contribution < 1.29 is 0 Å². The summed E-state index contributed by atoms with van der Waals surface area (Å²) in [6.45, 7) is 3.93. The fraction of sp³-hybridized carbons (Fsp3) is 0.0588. The van der Waals surface area contributed by atoms with Gasteiger partial charge in [-0.2, -0.15) is 0 Å². The van der Waals surface area contributed by atoms with Gasteiger partial charge in [-0.1, -0.05) is 66.7 Å². The van der Waals surface area contributed by atoms with Crippen LogP contribution in [0.4, 0.5) is 0 Å². The molecule has 0 heteroatoms. The monoisotopic (exact) mass is 218 g/mol. The van der Waals surface area contributed by atoms with Crippen molar-refractivity contribution in [1.82, 2.24) is 0 Å². The molecule has 0 unspecified atom stereocenters. The fourth-order valence-corrected chi connectivity index (χ4v) is 2.38. The molecule has 0 aromatic heterocycles. The topological polar surface area (TPSA) is 0 Å². The summed E-state index contributed by atoms with van der Waals surface area (Å²) in [6, 6.07) is 21.1. The van der Waals surface area contributed by atoms with Gasteiger partial charge in [-0.3, -0.25) is 0 Å². The van der Waals surface area contributed by atoms with Crippen LogP contribution in [0.15, 0.2) is 73.3 Å². The standard InChI is InChI=1S/C17H14/c1-2-15-16(13-9-5-3-6-10-13)17(15)14-11-7-4-8-12-14/h2-12,15H,1H2. The van der Waals surface area contributed by atoms with Gasteiger partial charge in [0.2, 0.25) is 0 Å². The van der Waals surface area contributed by atoms with Gasteiger partial charge in [0.15, 0.2) is 0 Å². The zero-order chi connectivity index (χ0) is 11.7. The Labute approximate surface area is 102 Å². The molecular weight excluding hydrogens is 204 g/mol. The van der Waals surface area contributed by atoms with Gasteiger partial charge >= 0.3 is 0 Å². The van der Waals surface area contributed by atoms with Crippen LogP contribution in [0.1, 0.15) is 11.1 Å². The third kappa shape index (κ3) is 1.72. The maximum absolute atomic E-state index is 3.93. The lowest BCUT2D eigenvalue weighted by Gasteiger charge is -1.93. The second kappa shape index (κ2) is 4.06. The Hall–Kier alpha value is -2.08. The average molecular weight is 218 g/mol. The molecule has 0 aliphatic heterocycles. The molecule has 0 radical (unpaired) electrons. The van der Waals surface area contributed by atoms with Gasteiger partial charge in [-0.15, -0.1) is 6.58 Å². The van der Waals surface area contributed by atoms with Gasteiger partial charge in [0.1, 0.15) is 0 Å². The summed E-state index contributed by atoms with van der Waals surface area (Å²) in [7, 11) is 0. The Bertz CT molecular complexity index is 512. The largest absolute Gasteiger partial charge is 0.102 e. The normalized spacial score (nSPS) is 14.8. The number of hydrogen-bond donors (Lipinski definition) is 0. The third-order valence-corrected chi connectivity index (χ3v) is 3.23. The lowest BCUT2D eigenvalue weighted by Crippen LogP contribution is -1.77. The second-order valence-corrected chi connectivity index (χ2v) is 4.27. The van der Waals surface area contributed by atoms with Gasteiger partial charge < -0.3 is 0 Å². The van der Waals surface area contributed by atoms with E-state index in [1.807, 2.05) is 6.08 Å². The van der Waals surface area contributed by atoms with Crippen molar-refractivity contribution in [3.63, 3.8) is 0 Å². The zero-order valence-corrected chi connectivity index (χ0v) is 9.64. The highest BCUT2D eigenvalue weighted by atomic mass is 14.4. The molecule has 82 valence electrons. The molecule has 0 heterocycles. The molecule has 2 aromatic rings. The predicted octanol–water partition coefficient (Wildman–Crippen LogP) is 4.41. The molecule has 0 saturated carbocycles. The van der Waals surface area contributed by atoms with Crippen LogP contribution in [0, 0.1) is 5.92 Å². The first kappa shape index (κ1) is 10.1. The van der Waals surface area contributed by atoms with Crippen molar-refractivity contribution in [2.24, 2.45) is 5.92 Å². The molecule has 0 N–H and O–H groups in total. The minimum Gasteiger partial charge on any atom is -0.102 e.